The van der Waals surface area contributed by atoms with Crippen LogP contribution in [0.1, 0.15) is 48.5 Å². The number of aromatic nitrogens is 1. The van der Waals surface area contributed by atoms with E-state index in [1.54, 1.807) is 22.8 Å². The molecule has 8 heteroatoms. The average molecular weight is 362 g/mol. The maximum atomic E-state index is 12.7. The molecule has 3 amide bonds. The van der Waals surface area contributed by atoms with Crippen LogP contribution in [0.15, 0.2) is 18.3 Å². The number of ether oxygens (including phenoxy) is 1. The van der Waals surface area contributed by atoms with E-state index >= 15 is 0 Å². The maximum absolute atomic E-state index is 12.7. The van der Waals surface area contributed by atoms with Gasteiger partial charge < -0.3 is 19.9 Å². The van der Waals surface area contributed by atoms with Crippen molar-refractivity contribution in [3.63, 3.8) is 0 Å². The molecule has 0 bridgehead atoms. The fourth-order valence-electron chi connectivity index (χ4n) is 2.58. The maximum Gasteiger partial charge on any atom is 0.409 e. The van der Waals surface area contributed by atoms with E-state index in [9.17, 15) is 14.4 Å². The van der Waals surface area contributed by atoms with E-state index in [-0.39, 0.29) is 29.1 Å². The molecule has 0 aliphatic carbocycles. The van der Waals surface area contributed by atoms with Gasteiger partial charge in [0.2, 0.25) is 0 Å². The molecule has 1 saturated heterocycles. The molecule has 0 aromatic carbocycles. The second-order valence-corrected chi connectivity index (χ2v) is 7.11. The number of nitrogens with zero attached hydrogens (tertiary/aromatic N) is 3. The van der Waals surface area contributed by atoms with Gasteiger partial charge in [0.05, 0.1) is 6.61 Å². The summed E-state index contributed by atoms with van der Waals surface area (Å²) in [5.74, 6) is -0.500. The highest BCUT2D eigenvalue weighted by molar-refractivity contribution is 5.98. The third-order valence-corrected chi connectivity index (χ3v) is 3.82. The van der Waals surface area contributed by atoms with E-state index in [1.165, 1.54) is 12.3 Å². The Morgan fingerprint density at radius 2 is 1.77 bits per heavy atom. The Kier molecular flexibility index (Phi) is 6.18. The summed E-state index contributed by atoms with van der Waals surface area (Å²) in [6, 6.07) is 3.09. The Morgan fingerprint density at radius 3 is 2.35 bits per heavy atom. The van der Waals surface area contributed by atoms with Crippen molar-refractivity contribution in [3.05, 3.63) is 29.6 Å². The lowest BCUT2D eigenvalue weighted by molar-refractivity contribution is 0.0570. The third-order valence-electron chi connectivity index (χ3n) is 3.82. The molecule has 1 aromatic rings. The number of pyridine rings is 1. The van der Waals surface area contributed by atoms with Crippen LogP contribution in [0.3, 0.4) is 0 Å². The van der Waals surface area contributed by atoms with Crippen molar-refractivity contribution in [2.75, 3.05) is 32.8 Å². The lowest BCUT2D eigenvalue weighted by atomic mass is 10.1. The van der Waals surface area contributed by atoms with Gasteiger partial charge in [-0.15, -0.1) is 0 Å². The fourth-order valence-corrected chi connectivity index (χ4v) is 2.58. The zero-order valence-corrected chi connectivity index (χ0v) is 15.7. The van der Waals surface area contributed by atoms with Crippen molar-refractivity contribution in [1.29, 1.82) is 0 Å². The standard InChI is InChI=1S/C18H26N4O4/c1-5-26-17(25)22-10-8-21(9-11-22)16(24)13-6-7-19-14(12-13)15(23)20-18(2,3)4/h6-7,12H,5,8-11H2,1-4H3,(H,20,23). The van der Waals surface area contributed by atoms with Crippen molar-refractivity contribution in [2.45, 2.75) is 33.2 Å². The molecular weight excluding hydrogens is 336 g/mol. The van der Waals surface area contributed by atoms with Crippen molar-refractivity contribution in [1.82, 2.24) is 20.1 Å². The molecule has 0 saturated carbocycles. The molecular formula is C18H26N4O4. The molecule has 0 atom stereocenters. The van der Waals surface area contributed by atoms with Crippen molar-refractivity contribution in [2.24, 2.45) is 0 Å². The lowest BCUT2D eigenvalue weighted by Crippen LogP contribution is -2.50. The number of piperazine rings is 1. The van der Waals surface area contributed by atoms with E-state index in [4.69, 9.17) is 4.74 Å². The van der Waals surface area contributed by atoms with Gasteiger partial charge in [0, 0.05) is 43.5 Å². The highest BCUT2D eigenvalue weighted by atomic mass is 16.6. The van der Waals surface area contributed by atoms with Gasteiger partial charge in [-0.1, -0.05) is 0 Å². The predicted octanol–water partition coefficient (Wildman–Crippen LogP) is 1.52. The van der Waals surface area contributed by atoms with Gasteiger partial charge in [-0.05, 0) is 39.8 Å². The largest absolute Gasteiger partial charge is 0.450 e. The summed E-state index contributed by atoms with van der Waals surface area (Å²) in [5.41, 5.74) is 0.224. The molecule has 8 nitrogen and oxygen atoms in total. The summed E-state index contributed by atoms with van der Waals surface area (Å²) in [7, 11) is 0. The van der Waals surface area contributed by atoms with Crippen LogP contribution >= 0.6 is 0 Å². The van der Waals surface area contributed by atoms with Crippen LogP contribution in [0.2, 0.25) is 0 Å². The molecule has 0 unspecified atom stereocenters. The summed E-state index contributed by atoms with van der Waals surface area (Å²) in [6.07, 6.45) is 1.10. The summed E-state index contributed by atoms with van der Waals surface area (Å²) < 4.78 is 4.97. The zero-order chi connectivity index (χ0) is 19.3. The molecule has 1 N–H and O–H groups in total. The first-order chi connectivity index (χ1) is 12.2. The molecule has 1 aliphatic heterocycles. The number of nitrogens with one attached hydrogen (secondary N) is 1. The van der Waals surface area contributed by atoms with Crippen LogP contribution in [-0.2, 0) is 4.74 Å². The van der Waals surface area contributed by atoms with E-state index in [0.29, 0.717) is 38.3 Å². The number of carbonyl (C=O) groups excluding carboxylic acids is 3. The van der Waals surface area contributed by atoms with Gasteiger partial charge in [-0.3, -0.25) is 14.6 Å². The average Bonchev–Trinajstić information content (AvgIpc) is 2.60. The predicted molar refractivity (Wildman–Crippen MR) is 96.0 cm³/mol. The molecule has 0 spiro atoms. The van der Waals surface area contributed by atoms with E-state index < -0.39 is 0 Å². The third kappa shape index (κ3) is 5.18. The van der Waals surface area contributed by atoms with Gasteiger partial charge in [0.25, 0.3) is 11.8 Å². The van der Waals surface area contributed by atoms with Gasteiger partial charge in [-0.25, -0.2) is 4.79 Å². The topological polar surface area (TPSA) is 91.8 Å². The highest BCUT2D eigenvalue weighted by Crippen LogP contribution is 2.11. The Hall–Kier alpha value is -2.64. The molecule has 0 radical (unpaired) electrons. The minimum absolute atomic E-state index is 0.180. The van der Waals surface area contributed by atoms with Crippen molar-refractivity contribution >= 4 is 17.9 Å². The monoisotopic (exact) mass is 362 g/mol. The molecule has 1 aromatic heterocycles. The first-order valence-corrected chi connectivity index (χ1v) is 8.71. The van der Waals surface area contributed by atoms with E-state index in [1.807, 2.05) is 20.8 Å². The summed E-state index contributed by atoms with van der Waals surface area (Å²) in [5, 5.41) is 2.83. The minimum Gasteiger partial charge on any atom is -0.450 e. The number of amides is 3. The van der Waals surface area contributed by atoms with Gasteiger partial charge in [0.1, 0.15) is 5.69 Å². The number of hydrogen-bond acceptors (Lipinski definition) is 5. The van der Waals surface area contributed by atoms with Crippen molar-refractivity contribution < 1.29 is 19.1 Å². The Morgan fingerprint density at radius 1 is 1.15 bits per heavy atom. The highest BCUT2D eigenvalue weighted by Gasteiger charge is 2.26. The number of carbonyl (C=O) groups is 3. The molecule has 26 heavy (non-hydrogen) atoms. The van der Waals surface area contributed by atoms with Gasteiger partial charge in [-0.2, -0.15) is 0 Å². The van der Waals surface area contributed by atoms with Crippen LogP contribution in [0.5, 0.6) is 0 Å². The zero-order valence-electron chi connectivity index (χ0n) is 15.7. The minimum atomic E-state index is -0.387. The molecule has 2 rings (SSSR count). The van der Waals surface area contributed by atoms with Crippen LogP contribution in [0.25, 0.3) is 0 Å². The summed E-state index contributed by atoms with van der Waals surface area (Å²) in [4.78, 5) is 44.0. The normalized spacial score (nSPS) is 14.8. The molecule has 2 heterocycles. The molecule has 1 aliphatic rings. The second kappa shape index (κ2) is 8.16. The first kappa shape index (κ1) is 19.7. The summed E-state index contributed by atoms with van der Waals surface area (Å²) >= 11 is 0. The Bertz CT molecular complexity index is 676. The first-order valence-electron chi connectivity index (χ1n) is 8.71. The summed E-state index contributed by atoms with van der Waals surface area (Å²) in [6.45, 7) is 9.41. The lowest BCUT2D eigenvalue weighted by Gasteiger charge is -2.34. The second-order valence-electron chi connectivity index (χ2n) is 7.11. The fraction of sp³-hybridized carbons (Fsp3) is 0.556. The van der Waals surface area contributed by atoms with Crippen LogP contribution in [0, 0.1) is 0 Å². The van der Waals surface area contributed by atoms with E-state index in [2.05, 4.69) is 10.3 Å². The SMILES string of the molecule is CCOC(=O)N1CCN(C(=O)c2ccnc(C(=O)NC(C)(C)C)c2)CC1. The van der Waals surface area contributed by atoms with Crippen LogP contribution in [-0.4, -0.2) is 71.0 Å². The van der Waals surface area contributed by atoms with Crippen LogP contribution in [0.4, 0.5) is 4.79 Å². The Balaban J connectivity index is 2.01. The Labute approximate surface area is 153 Å². The van der Waals surface area contributed by atoms with Gasteiger partial charge in [0.15, 0.2) is 0 Å². The number of hydrogen-bond donors (Lipinski definition) is 1. The van der Waals surface area contributed by atoms with E-state index in [0.717, 1.165) is 0 Å². The van der Waals surface area contributed by atoms with Crippen molar-refractivity contribution in [3.8, 4) is 0 Å². The molecule has 1 fully saturated rings. The smallest absolute Gasteiger partial charge is 0.409 e. The van der Waals surface area contributed by atoms with Crippen LogP contribution < -0.4 is 5.32 Å². The van der Waals surface area contributed by atoms with Gasteiger partial charge >= 0.3 is 6.09 Å². The molecule has 142 valence electrons. The number of rotatable bonds is 3. The quantitative estimate of drug-likeness (QED) is 0.880.